The van der Waals surface area contributed by atoms with Crippen LogP contribution >= 0.6 is 0 Å². The Morgan fingerprint density at radius 2 is 1.94 bits per heavy atom. The maximum atomic E-state index is 10.6. The van der Waals surface area contributed by atoms with E-state index in [-0.39, 0.29) is 11.5 Å². The van der Waals surface area contributed by atoms with Gasteiger partial charge in [-0.1, -0.05) is 24.3 Å². The highest BCUT2D eigenvalue weighted by Crippen LogP contribution is 2.54. The molecule has 2 heteroatoms. The molecule has 3 rings (SSSR count). The summed E-state index contributed by atoms with van der Waals surface area (Å²) in [7, 11) is 0. The van der Waals surface area contributed by atoms with Crippen molar-refractivity contribution in [3.05, 3.63) is 35.4 Å². The molecule has 2 nitrogen and oxygen atoms in total. The smallest absolute Gasteiger partial charge is 0.0852 e. The lowest BCUT2D eigenvalue weighted by molar-refractivity contribution is -0.000563. The highest BCUT2D eigenvalue weighted by Gasteiger charge is 2.46. The summed E-state index contributed by atoms with van der Waals surface area (Å²) in [6.07, 6.45) is 5.43. The van der Waals surface area contributed by atoms with Gasteiger partial charge in [0.05, 0.1) is 6.10 Å². The molecular formula is C15H21NO. The van der Waals surface area contributed by atoms with E-state index in [1.807, 2.05) is 6.07 Å². The number of aliphatic hydroxyl groups is 1. The molecule has 1 fully saturated rings. The fraction of sp³-hybridized carbons (Fsp3) is 0.600. The van der Waals surface area contributed by atoms with Crippen molar-refractivity contribution in [3.8, 4) is 0 Å². The first kappa shape index (κ1) is 11.2. The Hall–Kier alpha value is -0.860. The predicted octanol–water partition coefficient (Wildman–Crippen LogP) is 2.41. The van der Waals surface area contributed by atoms with Gasteiger partial charge in [-0.15, -0.1) is 0 Å². The van der Waals surface area contributed by atoms with Gasteiger partial charge in [0.2, 0.25) is 0 Å². The zero-order valence-corrected chi connectivity index (χ0v) is 10.2. The van der Waals surface area contributed by atoms with Crippen molar-refractivity contribution in [3.63, 3.8) is 0 Å². The van der Waals surface area contributed by atoms with E-state index < -0.39 is 0 Å². The summed E-state index contributed by atoms with van der Waals surface area (Å²) in [5.74, 6) is 0.677. The van der Waals surface area contributed by atoms with Gasteiger partial charge in [0.1, 0.15) is 0 Å². The fourth-order valence-electron chi connectivity index (χ4n) is 3.71. The van der Waals surface area contributed by atoms with Crippen molar-refractivity contribution in [2.75, 3.05) is 6.54 Å². The summed E-state index contributed by atoms with van der Waals surface area (Å²) in [5.41, 5.74) is 8.39. The average Bonchev–Trinajstić information content (AvgIpc) is 2.65. The number of hydrogen-bond donors (Lipinski definition) is 2. The normalized spacial score (nSPS) is 36.1. The van der Waals surface area contributed by atoms with Crippen LogP contribution < -0.4 is 5.73 Å². The minimum Gasteiger partial charge on any atom is -0.388 e. The second-order valence-electron chi connectivity index (χ2n) is 5.82. The van der Waals surface area contributed by atoms with Gasteiger partial charge in [0.15, 0.2) is 0 Å². The quantitative estimate of drug-likeness (QED) is 0.779. The molecular weight excluding hydrogens is 210 g/mol. The Balaban J connectivity index is 1.84. The number of fused-ring (bicyclic) bond motifs is 1. The number of rotatable bonds is 1. The summed E-state index contributed by atoms with van der Waals surface area (Å²) >= 11 is 0. The second kappa shape index (κ2) is 4.11. The molecule has 0 aromatic heterocycles. The van der Waals surface area contributed by atoms with Crippen molar-refractivity contribution in [2.24, 2.45) is 17.1 Å². The molecule has 2 aliphatic carbocycles. The number of aliphatic hydroxyl groups excluding tert-OH is 1. The lowest BCUT2D eigenvalue weighted by Gasteiger charge is -2.39. The highest BCUT2D eigenvalue weighted by molar-refractivity contribution is 5.37. The third-order valence-electron chi connectivity index (χ3n) is 4.91. The first-order chi connectivity index (χ1) is 8.25. The van der Waals surface area contributed by atoms with E-state index in [1.54, 1.807) is 0 Å². The number of benzene rings is 1. The topological polar surface area (TPSA) is 46.2 Å². The van der Waals surface area contributed by atoms with Crippen molar-refractivity contribution >= 4 is 0 Å². The molecule has 17 heavy (non-hydrogen) atoms. The minimum atomic E-state index is -0.252. The zero-order valence-electron chi connectivity index (χ0n) is 10.2. The van der Waals surface area contributed by atoms with E-state index in [2.05, 4.69) is 18.2 Å². The Kier molecular flexibility index (Phi) is 2.72. The van der Waals surface area contributed by atoms with Crippen LogP contribution in [0.25, 0.3) is 0 Å². The third-order valence-corrected chi connectivity index (χ3v) is 4.91. The predicted molar refractivity (Wildman–Crippen MR) is 68.6 cm³/mol. The molecule has 0 amide bonds. The molecule has 3 N–H and O–H groups in total. The maximum Gasteiger partial charge on any atom is 0.0852 e. The van der Waals surface area contributed by atoms with Crippen LogP contribution in [0.5, 0.6) is 0 Å². The first-order valence-electron chi connectivity index (χ1n) is 6.71. The van der Waals surface area contributed by atoms with Crippen molar-refractivity contribution < 1.29 is 5.11 Å². The summed E-state index contributed by atoms with van der Waals surface area (Å²) in [6.45, 7) is 0.805. The molecule has 0 bridgehead atoms. The van der Waals surface area contributed by atoms with Gasteiger partial charge < -0.3 is 10.8 Å². The van der Waals surface area contributed by atoms with Crippen LogP contribution in [0.3, 0.4) is 0 Å². The molecule has 1 atom stereocenters. The average molecular weight is 231 g/mol. The molecule has 0 heterocycles. The van der Waals surface area contributed by atoms with E-state index >= 15 is 0 Å². The molecule has 1 saturated carbocycles. The Morgan fingerprint density at radius 1 is 1.24 bits per heavy atom. The highest BCUT2D eigenvalue weighted by atomic mass is 16.3. The molecule has 1 aromatic carbocycles. The van der Waals surface area contributed by atoms with Crippen LogP contribution in [0, 0.1) is 11.3 Å². The third kappa shape index (κ3) is 1.71. The molecule has 1 spiro atoms. The molecule has 0 radical (unpaired) electrons. The Labute approximate surface area is 103 Å². The van der Waals surface area contributed by atoms with Crippen LogP contribution in [0.2, 0.25) is 0 Å². The fourth-order valence-corrected chi connectivity index (χ4v) is 3.71. The zero-order chi connectivity index (χ0) is 11.9. The van der Waals surface area contributed by atoms with Crippen LogP contribution in [0.1, 0.15) is 42.9 Å². The van der Waals surface area contributed by atoms with Gasteiger partial charge in [-0.25, -0.2) is 0 Å². The summed E-state index contributed by atoms with van der Waals surface area (Å²) in [5, 5.41) is 10.6. The van der Waals surface area contributed by atoms with Crippen LogP contribution in [-0.2, 0) is 6.42 Å². The van der Waals surface area contributed by atoms with Gasteiger partial charge in [-0.05, 0) is 55.7 Å². The van der Waals surface area contributed by atoms with E-state index in [4.69, 9.17) is 5.73 Å². The van der Waals surface area contributed by atoms with E-state index in [0.29, 0.717) is 5.92 Å². The molecule has 0 aliphatic heterocycles. The number of hydrogen-bond acceptors (Lipinski definition) is 2. The lowest BCUT2D eigenvalue weighted by atomic mass is 9.67. The van der Waals surface area contributed by atoms with Gasteiger partial charge in [-0.2, -0.15) is 0 Å². The molecule has 2 aliphatic rings. The van der Waals surface area contributed by atoms with Crippen molar-refractivity contribution in [1.82, 2.24) is 0 Å². The molecule has 1 aromatic rings. The molecule has 1 unspecified atom stereocenters. The van der Waals surface area contributed by atoms with Crippen LogP contribution in [-0.4, -0.2) is 11.7 Å². The van der Waals surface area contributed by atoms with E-state index in [1.165, 1.54) is 24.0 Å². The first-order valence-corrected chi connectivity index (χ1v) is 6.71. The number of nitrogens with two attached hydrogens (primary N) is 1. The van der Waals surface area contributed by atoms with Gasteiger partial charge >= 0.3 is 0 Å². The van der Waals surface area contributed by atoms with Crippen molar-refractivity contribution in [2.45, 2.75) is 38.2 Å². The minimum absolute atomic E-state index is 0.120. The standard InChI is InChI=1S/C15H21NO/c16-10-11-5-7-15(8-6-11)9-12-3-1-2-4-13(12)14(15)17/h1-4,11,14,17H,5-10,16H2. The maximum absolute atomic E-state index is 10.6. The monoisotopic (exact) mass is 231 g/mol. The molecule has 0 saturated heterocycles. The summed E-state index contributed by atoms with van der Waals surface area (Å²) in [6, 6.07) is 8.37. The van der Waals surface area contributed by atoms with E-state index in [0.717, 1.165) is 25.8 Å². The lowest BCUT2D eigenvalue weighted by Crippen LogP contribution is -2.33. The Morgan fingerprint density at radius 3 is 2.59 bits per heavy atom. The van der Waals surface area contributed by atoms with Crippen molar-refractivity contribution in [1.29, 1.82) is 0 Å². The van der Waals surface area contributed by atoms with Crippen LogP contribution in [0.15, 0.2) is 24.3 Å². The SMILES string of the molecule is NCC1CCC2(CC1)Cc1ccccc1C2O. The summed E-state index contributed by atoms with van der Waals surface area (Å²) < 4.78 is 0. The largest absolute Gasteiger partial charge is 0.388 e. The Bertz CT molecular complexity index is 407. The summed E-state index contributed by atoms with van der Waals surface area (Å²) in [4.78, 5) is 0. The molecule has 92 valence electrons. The van der Waals surface area contributed by atoms with Gasteiger partial charge in [0.25, 0.3) is 0 Å². The van der Waals surface area contributed by atoms with Crippen LogP contribution in [0.4, 0.5) is 0 Å². The van der Waals surface area contributed by atoms with Gasteiger partial charge in [-0.3, -0.25) is 0 Å². The van der Waals surface area contributed by atoms with E-state index in [9.17, 15) is 5.11 Å². The second-order valence-corrected chi connectivity index (χ2v) is 5.82. The van der Waals surface area contributed by atoms with Gasteiger partial charge in [0, 0.05) is 5.41 Å².